The summed E-state index contributed by atoms with van der Waals surface area (Å²) in [6.45, 7) is -6.57. The van der Waals surface area contributed by atoms with Crippen LogP contribution in [0.1, 0.15) is 12.8 Å². The standard InChI is InChI=1S/C40H68O33S/c41-5-11-28-17(47)22(52)35(62-11)69-29-12(6-42)64-37(24(54)19(29)49)71-31-14(8-44)66-39(26(56)21(31)51)73-33-16(10-46)67-40(27(57)34(33)61-3-1-2-4-74(58,59)60)72-32-15(9-45)65-38(25(55)20(32)50)70-30-13(7-43)63-36(68-28)23(53)18(30)48/h11-57H,1-10H2,(H,58,59,60)/t11-,12-,13-,14-,15-,16-,17-,18-,19-,20-,21-,22-,23-,24-,25-,26-,27-,28-,29-,30-,31-,32-,33+,34-,35-,36-,37-,38-,39-,40-/m1/s1. The molecule has 0 aromatic heterocycles. The van der Waals surface area contributed by atoms with Gasteiger partial charge in [-0.3, -0.25) is 4.55 Å². The number of unbranched alkanes of at least 4 members (excludes halogenated alkanes) is 1. The Morgan fingerprint density at radius 1 is 0.311 bits per heavy atom. The lowest BCUT2D eigenvalue weighted by atomic mass is 9.94. The first-order chi connectivity index (χ1) is 35.1. The third-order valence-corrected chi connectivity index (χ3v) is 14.6. The number of aliphatic hydroxyl groups excluding tert-OH is 17. The fraction of sp³-hybridized carbons (Fsp3) is 1.00. The van der Waals surface area contributed by atoms with E-state index in [1.165, 1.54) is 0 Å². The van der Waals surface area contributed by atoms with Gasteiger partial charge < -0.3 is 148 Å². The van der Waals surface area contributed by atoms with E-state index >= 15 is 0 Å². The average Bonchev–Trinajstić information content (AvgIpc) is 3.37. The van der Waals surface area contributed by atoms with Crippen LogP contribution < -0.4 is 0 Å². The molecule has 0 spiro atoms. The molecule has 74 heavy (non-hydrogen) atoms. The zero-order chi connectivity index (χ0) is 54.1. The number of rotatable bonds is 12. The maximum atomic E-state index is 11.8. The van der Waals surface area contributed by atoms with Crippen LogP contribution in [0, 0.1) is 0 Å². The largest absolute Gasteiger partial charge is 0.394 e. The van der Waals surface area contributed by atoms with Gasteiger partial charge in [-0.1, -0.05) is 0 Å². The Kier molecular flexibility index (Phi) is 21.1. The highest BCUT2D eigenvalue weighted by Gasteiger charge is 2.59. The van der Waals surface area contributed by atoms with Crippen molar-refractivity contribution < 1.29 is 161 Å². The zero-order valence-corrected chi connectivity index (χ0v) is 39.8. The number of hydrogen-bond donors (Lipinski definition) is 18. The lowest BCUT2D eigenvalue weighted by Gasteiger charge is -2.51. The summed E-state index contributed by atoms with van der Waals surface area (Å²) < 4.78 is 107. The van der Waals surface area contributed by atoms with Crippen molar-refractivity contribution in [1.29, 1.82) is 0 Å². The van der Waals surface area contributed by atoms with E-state index in [4.69, 9.17) is 61.6 Å². The predicted octanol–water partition coefficient (Wildman–Crippen LogP) is -12.4. The molecule has 33 nitrogen and oxygen atoms in total. The Balaban J connectivity index is 1.21. The highest BCUT2D eigenvalue weighted by atomic mass is 32.2. The molecular formula is C40H68O33S. The van der Waals surface area contributed by atoms with Crippen LogP contribution in [-0.2, 0) is 71.7 Å². The third kappa shape index (κ3) is 12.8. The van der Waals surface area contributed by atoms with Gasteiger partial charge in [0.05, 0.1) is 45.4 Å². The second kappa shape index (κ2) is 25.9. The van der Waals surface area contributed by atoms with Crippen LogP contribution in [0.25, 0.3) is 0 Å². The van der Waals surface area contributed by atoms with Crippen LogP contribution in [0.15, 0.2) is 0 Å². The first-order valence-corrected chi connectivity index (χ1v) is 25.3. The minimum Gasteiger partial charge on any atom is -0.394 e. The van der Waals surface area contributed by atoms with E-state index in [0.29, 0.717) is 0 Å². The van der Waals surface area contributed by atoms with Gasteiger partial charge in [0.25, 0.3) is 10.1 Å². The van der Waals surface area contributed by atoms with Gasteiger partial charge in [0, 0.05) is 6.61 Å². The molecule has 34 heteroatoms. The highest BCUT2D eigenvalue weighted by Crippen LogP contribution is 2.38. The molecule has 22 aliphatic heterocycles. The van der Waals surface area contributed by atoms with E-state index in [-0.39, 0.29) is 12.8 Å². The van der Waals surface area contributed by atoms with Gasteiger partial charge in [-0.2, -0.15) is 8.42 Å². The molecule has 22 fully saturated rings. The molecule has 0 unspecified atom stereocenters. The van der Waals surface area contributed by atoms with Crippen LogP contribution in [0.3, 0.4) is 0 Å². The Morgan fingerprint density at radius 2 is 0.541 bits per heavy atom. The quantitative estimate of drug-likeness (QED) is 0.0637. The fourth-order valence-corrected chi connectivity index (χ4v) is 10.3. The van der Waals surface area contributed by atoms with Crippen molar-refractivity contribution in [1.82, 2.24) is 0 Å². The molecule has 0 aromatic rings. The molecule has 22 saturated heterocycles. The molecule has 0 aliphatic carbocycles. The van der Waals surface area contributed by atoms with Crippen LogP contribution in [0.4, 0.5) is 0 Å². The monoisotopic (exact) mass is 1110 g/mol. The lowest BCUT2D eigenvalue weighted by Crippen LogP contribution is -2.69. The lowest BCUT2D eigenvalue weighted by molar-refractivity contribution is -0.404. The van der Waals surface area contributed by atoms with Crippen LogP contribution in [0.5, 0.6) is 0 Å². The summed E-state index contributed by atoms with van der Waals surface area (Å²) in [7, 11) is -4.42. The van der Waals surface area contributed by atoms with Gasteiger partial charge in [-0.25, -0.2) is 0 Å². The van der Waals surface area contributed by atoms with Crippen LogP contribution >= 0.6 is 0 Å². The van der Waals surface area contributed by atoms with Gasteiger partial charge >= 0.3 is 0 Å². The summed E-state index contributed by atoms with van der Waals surface area (Å²) in [5, 5.41) is 187. The summed E-state index contributed by atoms with van der Waals surface area (Å²) in [4.78, 5) is 0. The van der Waals surface area contributed by atoms with Crippen molar-refractivity contribution >= 4 is 10.1 Å². The van der Waals surface area contributed by atoms with Crippen molar-refractivity contribution in [2.45, 2.75) is 197 Å². The SMILES string of the molecule is O=S(=O)(O)CCCCO[C@@H]1[C@@H](O)[C@H]2O[C@H]3[C@H](O)[C@@H](O)[C@@H](O[C@H]4[C@H](O)[C@@H](O)[C@@H](O[C@H]5[C@H](O)[C@@H](O)[C@@H](O[C@H]6[C@H](O)[C@@H](O)[C@@H](O[C@H]7[C@H](O)[C@@H](O)[C@@H](O[C@H]1[C@@H](CO)O2)O[C@@H]7CO)O[C@@H]6CO)O[C@@H]5CO)O[C@@H]4CO)O[C@@H]3CO. The van der Waals surface area contributed by atoms with E-state index in [0.717, 1.165) is 0 Å². The fourth-order valence-electron chi connectivity index (χ4n) is 9.71. The summed E-state index contributed by atoms with van der Waals surface area (Å²) in [6, 6.07) is 0. The van der Waals surface area contributed by atoms with E-state index in [9.17, 15) is 99.8 Å². The third-order valence-electron chi connectivity index (χ3n) is 13.8. The molecule has 0 amide bonds. The molecular weight excluding hydrogens is 1040 g/mol. The van der Waals surface area contributed by atoms with Crippen molar-refractivity contribution in [3.05, 3.63) is 0 Å². The maximum absolute atomic E-state index is 11.8. The minimum absolute atomic E-state index is 0.103. The van der Waals surface area contributed by atoms with E-state index in [1.807, 2.05) is 0 Å². The van der Waals surface area contributed by atoms with Gasteiger partial charge in [0.15, 0.2) is 37.7 Å². The van der Waals surface area contributed by atoms with Crippen molar-refractivity contribution in [2.75, 3.05) is 52.0 Å². The molecule has 0 saturated carbocycles. The number of hydrogen-bond acceptors (Lipinski definition) is 32. The normalized spacial score (nSPS) is 50.9. The van der Waals surface area contributed by atoms with Gasteiger partial charge in [-0.15, -0.1) is 0 Å². The average molecular weight is 1110 g/mol. The summed E-state index contributed by atoms with van der Waals surface area (Å²) in [5.41, 5.74) is 0. The van der Waals surface area contributed by atoms with Gasteiger partial charge in [-0.05, 0) is 12.8 Å². The Morgan fingerprint density at radius 3 is 0.784 bits per heavy atom. The van der Waals surface area contributed by atoms with Crippen molar-refractivity contribution in [2.24, 2.45) is 0 Å². The molecule has 30 atom stereocenters. The summed E-state index contributed by atoms with van der Waals surface area (Å²) in [5.74, 6) is -0.699. The number of ether oxygens (including phenoxy) is 13. The van der Waals surface area contributed by atoms with E-state index < -0.39 is 246 Å². The van der Waals surface area contributed by atoms with Crippen molar-refractivity contribution in [3.8, 4) is 0 Å². The van der Waals surface area contributed by atoms with Crippen LogP contribution in [-0.4, -0.2) is 336 Å². The smallest absolute Gasteiger partial charge is 0.264 e. The second-order valence-electron chi connectivity index (χ2n) is 18.7. The number of aliphatic hydroxyl groups is 17. The predicted molar refractivity (Wildman–Crippen MR) is 225 cm³/mol. The second-order valence-corrected chi connectivity index (χ2v) is 20.3. The molecule has 22 aliphatic rings. The van der Waals surface area contributed by atoms with Crippen LogP contribution in [0.2, 0.25) is 0 Å². The molecule has 22 heterocycles. The first-order valence-electron chi connectivity index (χ1n) is 23.7. The topological polar surface area (TPSA) is 518 Å². The maximum Gasteiger partial charge on any atom is 0.264 e. The van der Waals surface area contributed by atoms with E-state index in [2.05, 4.69) is 0 Å². The molecule has 12 bridgehead atoms. The Hall–Kier alpha value is -1.29. The summed E-state index contributed by atoms with van der Waals surface area (Å²) in [6.07, 6.45) is -59.3. The molecule has 432 valence electrons. The molecule has 18 N–H and O–H groups in total. The van der Waals surface area contributed by atoms with Gasteiger partial charge in [0.2, 0.25) is 0 Å². The van der Waals surface area contributed by atoms with Gasteiger partial charge in [0.1, 0.15) is 146 Å². The molecule has 0 aromatic carbocycles. The summed E-state index contributed by atoms with van der Waals surface area (Å²) >= 11 is 0. The first kappa shape index (κ1) is 60.4. The molecule has 22 rings (SSSR count). The van der Waals surface area contributed by atoms with E-state index in [1.54, 1.807) is 0 Å². The van der Waals surface area contributed by atoms with Crippen molar-refractivity contribution in [3.63, 3.8) is 0 Å². The zero-order valence-electron chi connectivity index (χ0n) is 39.0. The Labute approximate surface area is 420 Å². The highest BCUT2D eigenvalue weighted by molar-refractivity contribution is 7.85. The minimum atomic E-state index is -4.42. The Bertz CT molecular complexity index is 1830. The molecule has 0 radical (unpaired) electrons.